The van der Waals surface area contributed by atoms with Crippen molar-refractivity contribution in [2.45, 2.75) is 59.3 Å². The molecular weight excluding hydrogens is 613 g/mol. The first-order valence-corrected chi connectivity index (χ1v) is 15.1. The summed E-state index contributed by atoms with van der Waals surface area (Å²) in [5, 5.41) is 3.26. The average molecular weight is 655 g/mol. The minimum Gasteiger partial charge on any atom is -0.497 e. The summed E-state index contributed by atoms with van der Waals surface area (Å²) in [6.07, 6.45) is 0.732. The molecule has 2 heterocycles. The smallest absolute Gasteiger partial charge is 0.418 e. The maximum Gasteiger partial charge on any atom is 0.418 e. The van der Waals surface area contributed by atoms with Crippen molar-refractivity contribution in [3.05, 3.63) is 66.5 Å². The molecule has 1 aromatic heterocycles. The van der Waals surface area contributed by atoms with Gasteiger partial charge in [-0.2, -0.15) is 18.2 Å². The summed E-state index contributed by atoms with van der Waals surface area (Å²) < 4.78 is 48.4. The van der Waals surface area contributed by atoms with Crippen molar-refractivity contribution in [3.63, 3.8) is 0 Å². The zero-order chi connectivity index (χ0) is 34.9. The molecule has 5 rings (SSSR count). The minimum absolute atomic E-state index is 0.0931. The van der Waals surface area contributed by atoms with Crippen molar-refractivity contribution < 1.29 is 27.5 Å². The van der Waals surface area contributed by atoms with E-state index in [2.05, 4.69) is 32.6 Å². The van der Waals surface area contributed by atoms with Crippen LogP contribution in [-0.4, -0.2) is 55.0 Å². The Labute approximate surface area is 272 Å². The van der Waals surface area contributed by atoms with Crippen molar-refractivity contribution in [2.24, 2.45) is 10.7 Å². The average Bonchev–Trinajstić information content (AvgIpc) is 3.89. The van der Waals surface area contributed by atoms with Crippen LogP contribution in [0.15, 0.2) is 60.4 Å². The number of aromatic nitrogens is 2. The molecule has 14 heteroatoms. The Balaban J connectivity index is 0.00000114. The molecule has 11 nitrogen and oxygen atoms in total. The molecule has 0 bridgehead atoms. The Morgan fingerprint density at radius 3 is 2.45 bits per heavy atom. The van der Waals surface area contributed by atoms with Gasteiger partial charge in [-0.05, 0) is 62.1 Å². The Bertz CT molecular complexity index is 1610. The molecule has 3 aromatic rings. The number of fused-ring (bicyclic) bond motifs is 1. The lowest BCUT2D eigenvalue weighted by Crippen LogP contribution is -2.48. The van der Waals surface area contributed by atoms with E-state index >= 15 is 0 Å². The number of amidine groups is 1. The highest BCUT2D eigenvalue weighted by Crippen LogP contribution is 2.41. The summed E-state index contributed by atoms with van der Waals surface area (Å²) in [6.45, 7) is 11.7. The van der Waals surface area contributed by atoms with Gasteiger partial charge in [0.15, 0.2) is 0 Å². The largest absolute Gasteiger partial charge is 0.497 e. The van der Waals surface area contributed by atoms with Gasteiger partial charge in [-0.25, -0.2) is 9.78 Å². The number of nitrogens with one attached hydrogen (secondary N) is 1. The summed E-state index contributed by atoms with van der Waals surface area (Å²) in [5.74, 6) is 1.78. The molecule has 0 radical (unpaired) electrons. The number of alkyl halides is 3. The highest BCUT2D eigenvalue weighted by atomic mass is 19.4. The fourth-order valence-corrected chi connectivity index (χ4v) is 4.87. The van der Waals surface area contributed by atoms with E-state index in [0.29, 0.717) is 52.8 Å². The standard InChI is InChI=1S/C30H32F3N7O2.C2H6.CH3NO/c1-6-38(18(3)34-4)26-11-8-19(14-25(26)30(31,32)33)20-12-23(15-24(13-20)42-5)40-17-21-16-35-28(36-22-9-10-22)37-27(21)39(7-2)29(40)41;1-2;2-1-3/h6,8,11-16,22H,1,7,9-10,17H2,2-5H3,(H,35,36,37);1-2H3;1H,(H2,2,3). The lowest BCUT2D eigenvalue weighted by atomic mass is 9.99. The first-order valence-electron chi connectivity index (χ1n) is 15.1. The Morgan fingerprint density at radius 2 is 1.89 bits per heavy atom. The van der Waals surface area contributed by atoms with Gasteiger partial charge in [-0.1, -0.05) is 26.5 Å². The third-order valence-electron chi connectivity index (χ3n) is 7.30. The number of nitrogens with two attached hydrogens (primary N) is 1. The Hall–Kier alpha value is -5.14. The summed E-state index contributed by atoms with van der Waals surface area (Å²) in [5.41, 5.74) is 5.21. The number of anilines is 4. The van der Waals surface area contributed by atoms with Gasteiger partial charge < -0.3 is 20.7 Å². The third-order valence-corrected chi connectivity index (χ3v) is 7.30. The quantitative estimate of drug-likeness (QED) is 0.155. The predicted octanol–water partition coefficient (Wildman–Crippen LogP) is 6.84. The monoisotopic (exact) mass is 654 g/mol. The number of nitrogens with zero attached hydrogens (tertiary/aromatic N) is 6. The van der Waals surface area contributed by atoms with Crippen molar-refractivity contribution in [1.82, 2.24) is 9.97 Å². The topological polar surface area (TPSA) is 129 Å². The predicted molar refractivity (Wildman–Crippen MR) is 180 cm³/mol. The van der Waals surface area contributed by atoms with Gasteiger partial charge in [0.05, 0.1) is 30.6 Å². The number of primary amides is 1. The highest BCUT2D eigenvalue weighted by molar-refractivity contribution is 6.06. The zero-order valence-electron chi connectivity index (χ0n) is 27.4. The van der Waals surface area contributed by atoms with E-state index in [9.17, 15) is 18.0 Å². The summed E-state index contributed by atoms with van der Waals surface area (Å²) in [4.78, 5) is 39.8. The van der Waals surface area contributed by atoms with Crippen molar-refractivity contribution >= 4 is 41.4 Å². The molecule has 252 valence electrons. The van der Waals surface area contributed by atoms with E-state index < -0.39 is 11.7 Å². The van der Waals surface area contributed by atoms with Crippen LogP contribution in [0.5, 0.6) is 5.75 Å². The van der Waals surface area contributed by atoms with E-state index in [-0.39, 0.29) is 24.7 Å². The number of methoxy groups -OCH3 is 1. The van der Waals surface area contributed by atoms with Crippen LogP contribution in [0.3, 0.4) is 0 Å². The van der Waals surface area contributed by atoms with Crippen LogP contribution >= 0.6 is 0 Å². The molecule has 0 spiro atoms. The number of carbonyl (C=O) groups is 2. The Morgan fingerprint density at radius 1 is 1.21 bits per heavy atom. The first kappa shape index (κ1) is 36.3. The second-order valence-electron chi connectivity index (χ2n) is 10.2. The van der Waals surface area contributed by atoms with Crippen LogP contribution in [0, 0.1) is 0 Å². The van der Waals surface area contributed by atoms with Gasteiger partial charge in [-0.3, -0.25) is 19.6 Å². The third kappa shape index (κ3) is 8.37. The second kappa shape index (κ2) is 15.9. The number of halogens is 3. The maximum absolute atomic E-state index is 14.3. The number of rotatable bonds is 8. The number of hydrogen-bond acceptors (Lipinski definition) is 7. The molecule has 2 aromatic carbocycles. The molecule has 0 atom stereocenters. The molecule has 1 fully saturated rings. The number of carbonyl (C=O) groups excluding carboxylic acids is 2. The number of hydrogen-bond donors (Lipinski definition) is 2. The SMILES string of the molecule is C=CN(C(C)=NC)c1ccc(-c2cc(OC)cc(N3Cc4cnc(NC5CC5)nc4N(CC)C3=O)c2)cc1C(F)(F)F.CC.NC=O. The molecular formula is C33H41F3N8O3. The minimum atomic E-state index is -4.65. The zero-order valence-corrected chi connectivity index (χ0v) is 27.4. The number of benzene rings is 2. The van der Waals surface area contributed by atoms with Gasteiger partial charge in [0.1, 0.15) is 17.4 Å². The van der Waals surface area contributed by atoms with E-state index in [4.69, 9.17) is 9.53 Å². The van der Waals surface area contributed by atoms with Crippen LogP contribution in [-0.2, 0) is 17.5 Å². The van der Waals surface area contributed by atoms with Crippen molar-refractivity contribution in [1.29, 1.82) is 0 Å². The lowest BCUT2D eigenvalue weighted by Gasteiger charge is -2.36. The van der Waals surface area contributed by atoms with E-state index in [1.165, 1.54) is 31.3 Å². The number of amides is 3. The molecule has 1 aliphatic carbocycles. The molecule has 0 saturated heterocycles. The van der Waals surface area contributed by atoms with Crippen LogP contribution in [0.4, 0.5) is 41.1 Å². The van der Waals surface area contributed by atoms with Crippen LogP contribution < -0.4 is 30.5 Å². The van der Waals surface area contributed by atoms with Crippen LogP contribution in [0.25, 0.3) is 11.1 Å². The fourth-order valence-electron chi connectivity index (χ4n) is 4.87. The maximum atomic E-state index is 14.3. The second-order valence-corrected chi connectivity index (χ2v) is 10.2. The number of aliphatic imine (C=N–C) groups is 1. The molecule has 47 heavy (non-hydrogen) atoms. The first-order chi connectivity index (χ1) is 22.5. The Kier molecular flexibility index (Phi) is 12.3. The molecule has 1 saturated carbocycles. The van der Waals surface area contributed by atoms with Gasteiger partial charge in [0.25, 0.3) is 0 Å². The van der Waals surface area contributed by atoms with Gasteiger partial charge in [-0.15, -0.1) is 0 Å². The highest BCUT2D eigenvalue weighted by Gasteiger charge is 2.36. The van der Waals surface area contributed by atoms with Crippen LogP contribution in [0.2, 0.25) is 0 Å². The fraction of sp³-hybridized carbons (Fsp3) is 0.364. The van der Waals surface area contributed by atoms with E-state index in [0.717, 1.165) is 24.5 Å². The molecule has 3 amide bonds. The van der Waals surface area contributed by atoms with E-state index in [1.807, 2.05) is 20.8 Å². The molecule has 0 unspecified atom stereocenters. The summed E-state index contributed by atoms with van der Waals surface area (Å²) in [7, 11) is 2.97. The van der Waals surface area contributed by atoms with Crippen molar-refractivity contribution in [3.8, 4) is 16.9 Å². The number of urea groups is 1. The molecule has 3 N–H and O–H groups in total. The van der Waals surface area contributed by atoms with Crippen molar-refractivity contribution in [2.75, 3.05) is 40.7 Å². The number of ether oxygens (including phenoxy) is 1. The van der Waals surface area contributed by atoms with Crippen LogP contribution in [0.1, 0.15) is 51.7 Å². The van der Waals surface area contributed by atoms with E-state index in [1.54, 1.807) is 47.2 Å². The lowest BCUT2D eigenvalue weighted by molar-refractivity contribution is -0.137. The van der Waals surface area contributed by atoms with Gasteiger partial charge in [0.2, 0.25) is 12.4 Å². The summed E-state index contributed by atoms with van der Waals surface area (Å²) in [6, 6.07) is 9.13. The molecule has 2 aliphatic rings. The molecule has 1 aliphatic heterocycles. The van der Waals surface area contributed by atoms with Gasteiger partial charge >= 0.3 is 12.2 Å². The normalized spacial score (nSPS) is 14.1. The summed E-state index contributed by atoms with van der Waals surface area (Å²) >= 11 is 0. The van der Waals surface area contributed by atoms with Gasteiger partial charge in [0, 0.05) is 43.7 Å².